The molecular formula is C14H28N2O. The molecule has 17 heavy (non-hydrogen) atoms. The van der Waals surface area contributed by atoms with E-state index in [1.807, 2.05) is 0 Å². The molecular weight excluding hydrogens is 212 g/mol. The number of ether oxygens (including phenoxy) is 1. The molecule has 1 saturated carbocycles. The van der Waals surface area contributed by atoms with Crippen LogP contribution >= 0.6 is 0 Å². The van der Waals surface area contributed by atoms with Crippen LogP contribution in [-0.2, 0) is 4.74 Å². The monoisotopic (exact) mass is 240 g/mol. The first kappa shape index (κ1) is 13.3. The Morgan fingerprint density at radius 2 is 2.12 bits per heavy atom. The third kappa shape index (κ3) is 3.21. The van der Waals surface area contributed by atoms with E-state index in [0.29, 0.717) is 12.1 Å². The second-order valence-corrected chi connectivity index (χ2v) is 5.62. The van der Waals surface area contributed by atoms with Crippen molar-refractivity contribution in [3.8, 4) is 0 Å². The van der Waals surface area contributed by atoms with Gasteiger partial charge in [0, 0.05) is 24.7 Å². The van der Waals surface area contributed by atoms with Gasteiger partial charge in [-0.25, -0.2) is 0 Å². The summed E-state index contributed by atoms with van der Waals surface area (Å²) >= 11 is 0. The van der Waals surface area contributed by atoms with Gasteiger partial charge in [-0.1, -0.05) is 13.8 Å². The molecule has 0 amide bonds. The smallest absolute Gasteiger partial charge is 0.0674 e. The van der Waals surface area contributed by atoms with Crippen LogP contribution in [-0.4, -0.2) is 48.8 Å². The fraction of sp³-hybridized carbons (Fsp3) is 1.00. The van der Waals surface area contributed by atoms with Crippen molar-refractivity contribution in [2.75, 3.05) is 19.7 Å². The molecule has 0 aromatic carbocycles. The molecule has 4 atom stereocenters. The number of hydrogen-bond acceptors (Lipinski definition) is 3. The predicted octanol–water partition coefficient (Wildman–Crippen LogP) is 2.02. The quantitative estimate of drug-likeness (QED) is 0.813. The molecule has 1 aliphatic heterocycles. The van der Waals surface area contributed by atoms with E-state index < -0.39 is 0 Å². The maximum absolute atomic E-state index is 5.79. The summed E-state index contributed by atoms with van der Waals surface area (Å²) in [6.07, 6.45) is 5.67. The standard InChI is InChI=1S/C14H28N2O/c1-4-13-10-17-11(3)9-16(13)14-7-6-12(8-14)15-5-2/h11-15H,4-10H2,1-3H3. The van der Waals surface area contributed by atoms with E-state index in [2.05, 4.69) is 31.0 Å². The number of nitrogens with zero attached hydrogens (tertiary/aromatic N) is 1. The van der Waals surface area contributed by atoms with E-state index in [4.69, 9.17) is 4.74 Å². The maximum Gasteiger partial charge on any atom is 0.0674 e. The summed E-state index contributed by atoms with van der Waals surface area (Å²) in [5.41, 5.74) is 0. The zero-order valence-electron chi connectivity index (χ0n) is 11.6. The van der Waals surface area contributed by atoms with Crippen LogP contribution in [0.3, 0.4) is 0 Å². The van der Waals surface area contributed by atoms with Crippen LogP contribution in [0.25, 0.3) is 0 Å². The molecule has 2 fully saturated rings. The Balaban J connectivity index is 1.91. The van der Waals surface area contributed by atoms with Gasteiger partial charge in [0.25, 0.3) is 0 Å². The van der Waals surface area contributed by atoms with Gasteiger partial charge in [0.2, 0.25) is 0 Å². The Labute approximate surface area is 106 Å². The van der Waals surface area contributed by atoms with Gasteiger partial charge in [0.05, 0.1) is 12.7 Å². The number of morpholine rings is 1. The SMILES string of the molecule is CCNC1CCC(N2CC(C)OCC2CC)C1. The number of nitrogens with one attached hydrogen (secondary N) is 1. The molecule has 4 unspecified atom stereocenters. The molecule has 3 heteroatoms. The normalized spacial score (nSPS) is 39.7. The van der Waals surface area contributed by atoms with E-state index in [1.165, 1.54) is 25.7 Å². The molecule has 0 spiro atoms. The Bertz CT molecular complexity index is 234. The second-order valence-electron chi connectivity index (χ2n) is 5.62. The van der Waals surface area contributed by atoms with Crippen molar-refractivity contribution in [2.24, 2.45) is 0 Å². The first-order chi connectivity index (χ1) is 8.24. The predicted molar refractivity (Wildman–Crippen MR) is 71.3 cm³/mol. The van der Waals surface area contributed by atoms with Crippen molar-refractivity contribution in [1.29, 1.82) is 0 Å². The first-order valence-electron chi connectivity index (χ1n) is 7.35. The highest BCUT2D eigenvalue weighted by Crippen LogP contribution is 2.28. The fourth-order valence-electron chi connectivity index (χ4n) is 3.40. The number of hydrogen-bond donors (Lipinski definition) is 1. The lowest BCUT2D eigenvalue weighted by Gasteiger charge is -2.42. The molecule has 0 aromatic heterocycles. The van der Waals surface area contributed by atoms with Gasteiger partial charge < -0.3 is 10.1 Å². The van der Waals surface area contributed by atoms with Gasteiger partial charge in [-0.3, -0.25) is 4.90 Å². The lowest BCUT2D eigenvalue weighted by Crippen LogP contribution is -2.52. The highest BCUT2D eigenvalue weighted by Gasteiger charge is 2.35. The van der Waals surface area contributed by atoms with Crippen LogP contribution < -0.4 is 5.32 Å². The van der Waals surface area contributed by atoms with E-state index in [9.17, 15) is 0 Å². The minimum absolute atomic E-state index is 0.413. The summed E-state index contributed by atoms with van der Waals surface area (Å²) in [5.74, 6) is 0. The Morgan fingerprint density at radius 3 is 2.82 bits per heavy atom. The number of rotatable bonds is 4. The summed E-state index contributed by atoms with van der Waals surface area (Å²) in [6.45, 7) is 9.86. The maximum atomic E-state index is 5.79. The van der Waals surface area contributed by atoms with Crippen LogP contribution in [0.15, 0.2) is 0 Å². The molecule has 1 N–H and O–H groups in total. The molecule has 0 bridgehead atoms. The summed E-state index contributed by atoms with van der Waals surface area (Å²) in [4.78, 5) is 2.73. The second kappa shape index (κ2) is 6.17. The van der Waals surface area contributed by atoms with Crippen molar-refractivity contribution in [2.45, 2.75) is 70.7 Å². The van der Waals surface area contributed by atoms with E-state index >= 15 is 0 Å². The molecule has 1 aliphatic carbocycles. The van der Waals surface area contributed by atoms with Crippen molar-refractivity contribution in [1.82, 2.24) is 10.2 Å². The topological polar surface area (TPSA) is 24.5 Å². The average Bonchev–Trinajstić information content (AvgIpc) is 2.78. The minimum atomic E-state index is 0.413. The van der Waals surface area contributed by atoms with Gasteiger partial charge in [0.1, 0.15) is 0 Å². The molecule has 1 heterocycles. The van der Waals surface area contributed by atoms with Crippen LogP contribution in [0, 0.1) is 0 Å². The van der Waals surface area contributed by atoms with Gasteiger partial charge >= 0.3 is 0 Å². The van der Waals surface area contributed by atoms with Crippen molar-refractivity contribution < 1.29 is 4.74 Å². The Morgan fingerprint density at radius 1 is 1.29 bits per heavy atom. The van der Waals surface area contributed by atoms with Gasteiger partial charge in [-0.2, -0.15) is 0 Å². The van der Waals surface area contributed by atoms with E-state index in [1.54, 1.807) is 0 Å². The van der Waals surface area contributed by atoms with Crippen LogP contribution in [0.2, 0.25) is 0 Å². The molecule has 2 rings (SSSR count). The average molecular weight is 240 g/mol. The van der Waals surface area contributed by atoms with Crippen LogP contribution in [0.1, 0.15) is 46.5 Å². The summed E-state index contributed by atoms with van der Waals surface area (Å²) < 4.78 is 5.79. The van der Waals surface area contributed by atoms with Crippen molar-refractivity contribution >= 4 is 0 Å². The van der Waals surface area contributed by atoms with Crippen molar-refractivity contribution in [3.63, 3.8) is 0 Å². The Hall–Kier alpha value is -0.120. The van der Waals surface area contributed by atoms with Crippen LogP contribution in [0.4, 0.5) is 0 Å². The van der Waals surface area contributed by atoms with Gasteiger partial charge in [-0.05, 0) is 39.2 Å². The highest BCUT2D eigenvalue weighted by atomic mass is 16.5. The zero-order valence-corrected chi connectivity index (χ0v) is 11.6. The summed E-state index contributed by atoms with van der Waals surface area (Å²) in [7, 11) is 0. The lowest BCUT2D eigenvalue weighted by atomic mass is 10.1. The molecule has 0 radical (unpaired) electrons. The minimum Gasteiger partial charge on any atom is -0.376 e. The zero-order chi connectivity index (χ0) is 12.3. The molecule has 1 saturated heterocycles. The van der Waals surface area contributed by atoms with Gasteiger partial charge in [-0.15, -0.1) is 0 Å². The summed E-state index contributed by atoms with van der Waals surface area (Å²) in [6, 6.07) is 2.19. The van der Waals surface area contributed by atoms with E-state index in [0.717, 1.165) is 31.8 Å². The fourth-order valence-corrected chi connectivity index (χ4v) is 3.40. The van der Waals surface area contributed by atoms with Crippen LogP contribution in [0.5, 0.6) is 0 Å². The Kier molecular flexibility index (Phi) is 4.83. The molecule has 2 aliphatic rings. The molecule has 100 valence electrons. The molecule has 0 aromatic rings. The third-order valence-corrected chi connectivity index (χ3v) is 4.35. The molecule has 3 nitrogen and oxygen atoms in total. The first-order valence-corrected chi connectivity index (χ1v) is 7.35. The summed E-state index contributed by atoms with van der Waals surface area (Å²) in [5, 5.41) is 3.60. The third-order valence-electron chi connectivity index (χ3n) is 4.35. The van der Waals surface area contributed by atoms with Gasteiger partial charge in [0.15, 0.2) is 0 Å². The van der Waals surface area contributed by atoms with E-state index in [-0.39, 0.29) is 0 Å². The highest BCUT2D eigenvalue weighted by molar-refractivity contribution is 4.91. The largest absolute Gasteiger partial charge is 0.376 e. The lowest BCUT2D eigenvalue weighted by molar-refractivity contribution is -0.0716. The van der Waals surface area contributed by atoms with Crippen molar-refractivity contribution in [3.05, 3.63) is 0 Å².